The van der Waals surface area contributed by atoms with E-state index in [0.717, 1.165) is 6.54 Å². The molecule has 2 aromatic rings. The lowest BCUT2D eigenvalue weighted by molar-refractivity contribution is 0.102. The number of carbonyl (C=O) groups excluding carboxylic acids is 1. The van der Waals surface area contributed by atoms with Crippen LogP contribution in [-0.4, -0.2) is 27.6 Å². The predicted octanol–water partition coefficient (Wildman–Crippen LogP) is 1.56. The van der Waals surface area contributed by atoms with Crippen LogP contribution in [0.2, 0.25) is 0 Å². The smallest absolute Gasteiger partial charge is 0.276 e. The molecular weight excluding hydrogens is 230 g/mol. The van der Waals surface area contributed by atoms with E-state index in [1.807, 2.05) is 6.92 Å². The first-order chi connectivity index (χ1) is 8.79. The van der Waals surface area contributed by atoms with Crippen molar-refractivity contribution >= 4 is 17.4 Å². The third-order valence-corrected chi connectivity index (χ3v) is 2.17. The van der Waals surface area contributed by atoms with Gasteiger partial charge in [0.1, 0.15) is 5.82 Å². The number of hydrogen-bond donors (Lipinski definition) is 2. The molecule has 0 saturated heterocycles. The zero-order valence-corrected chi connectivity index (χ0v) is 9.92. The minimum Gasteiger partial charge on any atom is -0.369 e. The molecule has 2 heterocycles. The van der Waals surface area contributed by atoms with Crippen molar-refractivity contribution in [3.05, 3.63) is 42.4 Å². The van der Waals surface area contributed by atoms with Crippen molar-refractivity contribution in [3.8, 4) is 0 Å². The van der Waals surface area contributed by atoms with Crippen molar-refractivity contribution in [3.63, 3.8) is 0 Å². The Labute approximate surface area is 104 Å². The zero-order chi connectivity index (χ0) is 12.8. The van der Waals surface area contributed by atoms with Gasteiger partial charge in [-0.05, 0) is 31.2 Å². The van der Waals surface area contributed by atoms with Crippen LogP contribution in [0.1, 0.15) is 17.4 Å². The van der Waals surface area contributed by atoms with Crippen LogP contribution in [0.5, 0.6) is 0 Å². The lowest BCUT2D eigenvalue weighted by atomic mass is 10.3. The number of carbonyl (C=O) groups is 1. The molecule has 1 amide bonds. The van der Waals surface area contributed by atoms with E-state index in [9.17, 15) is 4.79 Å². The Bertz CT molecular complexity index is 512. The molecule has 2 aromatic heterocycles. The molecule has 0 unspecified atom stereocenters. The average molecular weight is 243 g/mol. The molecule has 0 atom stereocenters. The molecular formula is C12H13N5O. The van der Waals surface area contributed by atoms with Gasteiger partial charge >= 0.3 is 0 Å². The van der Waals surface area contributed by atoms with Gasteiger partial charge in [0.15, 0.2) is 5.69 Å². The summed E-state index contributed by atoms with van der Waals surface area (Å²) in [6.45, 7) is 2.72. The molecule has 0 aliphatic heterocycles. The van der Waals surface area contributed by atoms with E-state index in [1.165, 1.54) is 0 Å². The van der Waals surface area contributed by atoms with Crippen LogP contribution in [0.15, 0.2) is 36.7 Å². The molecule has 0 aliphatic rings. The van der Waals surface area contributed by atoms with Crippen molar-refractivity contribution in [2.24, 2.45) is 0 Å². The molecule has 6 heteroatoms. The van der Waals surface area contributed by atoms with Crippen LogP contribution >= 0.6 is 0 Å². The maximum Gasteiger partial charge on any atom is 0.276 e. The minimum absolute atomic E-state index is 0.264. The fourth-order valence-corrected chi connectivity index (χ4v) is 1.36. The summed E-state index contributed by atoms with van der Waals surface area (Å²) < 4.78 is 0. The van der Waals surface area contributed by atoms with Gasteiger partial charge in [0.25, 0.3) is 5.91 Å². The highest BCUT2D eigenvalue weighted by Crippen LogP contribution is 2.06. The van der Waals surface area contributed by atoms with Crippen LogP contribution in [0.3, 0.4) is 0 Å². The summed E-state index contributed by atoms with van der Waals surface area (Å²) in [5, 5.41) is 13.4. The number of pyridine rings is 1. The van der Waals surface area contributed by atoms with Crippen LogP contribution in [-0.2, 0) is 0 Å². The second-order valence-electron chi connectivity index (χ2n) is 3.53. The number of rotatable bonds is 4. The summed E-state index contributed by atoms with van der Waals surface area (Å²) in [5.74, 6) is 0.342. The summed E-state index contributed by atoms with van der Waals surface area (Å²) in [6.07, 6.45) is 3.21. The topological polar surface area (TPSA) is 79.8 Å². The number of hydrogen-bond acceptors (Lipinski definition) is 5. The molecule has 0 bridgehead atoms. The Kier molecular flexibility index (Phi) is 3.80. The molecule has 0 aliphatic carbocycles. The third-order valence-electron chi connectivity index (χ3n) is 2.17. The second kappa shape index (κ2) is 5.72. The van der Waals surface area contributed by atoms with Crippen LogP contribution in [0, 0.1) is 0 Å². The number of nitrogens with zero attached hydrogens (tertiary/aromatic N) is 3. The summed E-state index contributed by atoms with van der Waals surface area (Å²) in [5.41, 5.74) is 0.889. The highest BCUT2D eigenvalue weighted by Gasteiger charge is 2.08. The molecule has 0 radical (unpaired) electrons. The molecule has 0 spiro atoms. The quantitative estimate of drug-likeness (QED) is 0.851. The van der Waals surface area contributed by atoms with E-state index < -0.39 is 0 Å². The van der Waals surface area contributed by atoms with Crippen molar-refractivity contribution in [2.75, 3.05) is 17.2 Å². The van der Waals surface area contributed by atoms with Gasteiger partial charge in [-0.1, -0.05) is 0 Å². The Morgan fingerprint density at radius 3 is 2.78 bits per heavy atom. The maximum atomic E-state index is 11.8. The predicted molar refractivity (Wildman–Crippen MR) is 68.4 cm³/mol. The first-order valence-electron chi connectivity index (χ1n) is 5.58. The molecule has 2 rings (SSSR count). The lowest BCUT2D eigenvalue weighted by Gasteiger charge is -2.04. The SMILES string of the molecule is CCNc1ccc(C(=O)Nc2cccnc2)nn1. The lowest BCUT2D eigenvalue weighted by Crippen LogP contribution is -2.14. The normalized spacial score (nSPS) is 9.83. The maximum absolute atomic E-state index is 11.8. The molecule has 0 fully saturated rings. The Balaban J connectivity index is 2.05. The first-order valence-corrected chi connectivity index (χ1v) is 5.58. The van der Waals surface area contributed by atoms with Crippen molar-refractivity contribution in [1.29, 1.82) is 0 Å². The van der Waals surface area contributed by atoms with E-state index in [1.54, 1.807) is 36.7 Å². The van der Waals surface area contributed by atoms with Crippen molar-refractivity contribution < 1.29 is 4.79 Å². The van der Waals surface area contributed by atoms with Gasteiger partial charge in [-0.3, -0.25) is 9.78 Å². The number of anilines is 2. The number of amides is 1. The third kappa shape index (κ3) is 3.00. The van der Waals surface area contributed by atoms with Crippen molar-refractivity contribution in [2.45, 2.75) is 6.92 Å². The zero-order valence-electron chi connectivity index (χ0n) is 9.92. The van der Waals surface area contributed by atoms with Gasteiger partial charge in [-0.25, -0.2) is 0 Å². The molecule has 92 valence electrons. The summed E-state index contributed by atoms with van der Waals surface area (Å²) in [4.78, 5) is 15.7. The number of nitrogens with one attached hydrogen (secondary N) is 2. The van der Waals surface area contributed by atoms with Gasteiger partial charge in [-0.15, -0.1) is 10.2 Å². The molecule has 6 nitrogen and oxygen atoms in total. The standard InChI is InChI=1S/C12H13N5O/c1-2-14-11-6-5-10(16-17-11)12(18)15-9-4-3-7-13-8-9/h3-8H,2H2,1H3,(H,14,17)(H,15,18). The largest absolute Gasteiger partial charge is 0.369 e. The van der Waals surface area contributed by atoms with Crippen molar-refractivity contribution in [1.82, 2.24) is 15.2 Å². The van der Waals surface area contributed by atoms with Gasteiger partial charge in [0.2, 0.25) is 0 Å². The first kappa shape index (κ1) is 12.0. The fraction of sp³-hybridized carbons (Fsp3) is 0.167. The molecule has 0 saturated carbocycles. The molecule has 18 heavy (non-hydrogen) atoms. The summed E-state index contributed by atoms with van der Waals surface area (Å²) in [6, 6.07) is 6.84. The van der Waals surface area contributed by atoms with Gasteiger partial charge < -0.3 is 10.6 Å². The fourth-order valence-electron chi connectivity index (χ4n) is 1.36. The minimum atomic E-state index is -0.307. The van der Waals surface area contributed by atoms with E-state index in [0.29, 0.717) is 11.5 Å². The highest BCUT2D eigenvalue weighted by molar-refractivity contribution is 6.02. The van der Waals surface area contributed by atoms with E-state index in [-0.39, 0.29) is 11.6 Å². The Morgan fingerprint density at radius 2 is 2.17 bits per heavy atom. The van der Waals surface area contributed by atoms with Gasteiger partial charge in [0.05, 0.1) is 11.9 Å². The van der Waals surface area contributed by atoms with Crippen LogP contribution in [0.4, 0.5) is 11.5 Å². The molecule has 2 N–H and O–H groups in total. The van der Waals surface area contributed by atoms with E-state index in [4.69, 9.17) is 0 Å². The Morgan fingerprint density at radius 1 is 1.28 bits per heavy atom. The average Bonchev–Trinajstić information content (AvgIpc) is 2.41. The van der Waals surface area contributed by atoms with Crippen LogP contribution < -0.4 is 10.6 Å². The van der Waals surface area contributed by atoms with Crippen LogP contribution in [0.25, 0.3) is 0 Å². The summed E-state index contributed by atoms with van der Waals surface area (Å²) in [7, 11) is 0. The Hall–Kier alpha value is -2.50. The number of aromatic nitrogens is 3. The second-order valence-corrected chi connectivity index (χ2v) is 3.53. The van der Waals surface area contributed by atoms with Gasteiger partial charge in [0, 0.05) is 12.7 Å². The van der Waals surface area contributed by atoms with E-state index >= 15 is 0 Å². The summed E-state index contributed by atoms with van der Waals surface area (Å²) >= 11 is 0. The van der Waals surface area contributed by atoms with E-state index in [2.05, 4.69) is 25.8 Å². The highest BCUT2D eigenvalue weighted by atomic mass is 16.1. The monoisotopic (exact) mass is 243 g/mol. The van der Waals surface area contributed by atoms with Gasteiger partial charge in [-0.2, -0.15) is 0 Å². The molecule has 0 aromatic carbocycles.